The molecule has 2 rings (SSSR count). The van der Waals surface area contributed by atoms with Crippen LogP contribution >= 0.6 is 23.4 Å². The number of carbonyl (C=O) groups excluding carboxylic acids is 1. The summed E-state index contributed by atoms with van der Waals surface area (Å²) in [5.74, 6) is 1.38. The Balaban J connectivity index is 1.91. The molecular weight excluding hydrogens is 312 g/mol. The van der Waals surface area contributed by atoms with Gasteiger partial charge in [-0.25, -0.2) is 4.98 Å². The first-order valence-electron chi connectivity index (χ1n) is 6.20. The van der Waals surface area contributed by atoms with Crippen LogP contribution in [0.25, 0.3) is 0 Å². The molecule has 0 saturated carbocycles. The molecule has 0 saturated heterocycles. The van der Waals surface area contributed by atoms with Crippen molar-refractivity contribution in [1.82, 2.24) is 4.98 Å². The average Bonchev–Trinajstić information content (AvgIpc) is 2.76. The lowest BCUT2D eigenvalue weighted by Gasteiger charge is -2.07. The quantitative estimate of drug-likeness (QED) is 0.849. The van der Waals surface area contributed by atoms with Crippen LogP contribution in [0, 0.1) is 13.8 Å². The molecule has 0 aliphatic carbocycles. The Labute approximate surface area is 132 Å². The molecule has 2 aromatic rings. The van der Waals surface area contributed by atoms with Gasteiger partial charge in [-0.15, -0.1) is 0 Å². The smallest absolute Gasteiger partial charge is 0.256 e. The zero-order valence-corrected chi connectivity index (χ0v) is 13.5. The largest absolute Gasteiger partial charge is 0.495 e. The highest BCUT2D eigenvalue weighted by Gasteiger charge is 2.10. The summed E-state index contributed by atoms with van der Waals surface area (Å²) in [5, 5.41) is 3.70. The SMILES string of the molecule is COc1ccc(NC(=O)CSc2nc(C)c(C)o2)cc1Cl. The fraction of sp³-hybridized carbons (Fsp3) is 0.286. The van der Waals surface area contributed by atoms with E-state index in [0.29, 0.717) is 21.7 Å². The van der Waals surface area contributed by atoms with Gasteiger partial charge in [-0.1, -0.05) is 23.4 Å². The van der Waals surface area contributed by atoms with Gasteiger partial charge in [-0.05, 0) is 32.0 Å². The van der Waals surface area contributed by atoms with Crippen molar-refractivity contribution < 1.29 is 13.9 Å². The lowest BCUT2D eigenvalue weighted by atomic mass is 10.3. The number of hydrogen-bond donors (Lipinski definition) is 1. The van der Waals surface area contributed by atoms with Crippen molar-refractivity contribution in [3.63, 3.8) is 0 Å². The van der Waals surface area contributed by atoms with E-state index in [1.807, 2.05) is 13.8 Å². The Hall–Kier alpha value is -1.66. The van der Waals surface area contributed by atoms with Gasteiger partial charge in [0, 0.05) is 5.69 Å². The molecule has 1 heterocycles. The molecule has 112 valence electrons. The molecule has 0 bridgehead atoms. The molecule has 1 amide bonds. The van der Waals surface area contributed by atoms with Crippen molar-refractivity contribution in [2.75, 3.05) is 18.2 Å². The number of rotatable bonds is 5. The maximum atomic E-state index is 11.9. The van der Waals surface area contributed by atoms with Crippen molar-refractivity contribution in [3.05, 3.63) is 34.7 Å². The number of ether oxygens (including phenoxy) is 1. The topological polar surface area (TPSA) is 64.4 Å². The summed E-state index contributed by atoms with van der Waals surface area (Å²) in [6.45, 7) is 3.70. The standard InChI is InChI=1S/C14H15ClN2O3S/c1-8-9(2)20-14(16-8)21-7-13(18)17-10-4-5-12(19-3)11(15)6-10/h4-6H,7H2,1-3H3,(H,17,18). The fourth-order valence-electron chi connectivity index (χ4n) is 1.57. The molecule has 0 spiro atoms. The molecule has 21 heavy (non-hydrogen) atoms. The Morgan fingerprint density at radius 2 is 2.24 bits per heavy atom. The van der Waals surface area contributed by atoms with Gasteiger partial charge >= 0.3 is 0 Å². The number of nitrogens with one attached hydrogen (secondary N) is 1. The van der Waals surface area contributed by atoms with Crippen molar-refractivity contribution in [2.45, 2.75) is 19.1 Å². The van der Waals surface area contributed by atoms with E-state index in [9.17, 15) is 4.79 Å². The van der Waals surface area contributed by atoms with Gasteiger partial charge in [0.05, 0.1) is 23.6 Å². The van der Waals surface area contributed by atoms with E-state index in [-0.39, 0.29) is 11.7 Å². The maximum Gasteiger partial charge on any atom is 0.256 e. The van der Waals surface area contributed by atoms with Crippen molar-refractivity contribution in [3.8, 4) is 5.75 Å². The normalized spacial score (nSPS) is 10.5. The zero-order chi connectivity index (χ0) is 15.4. The maximum absolute atomic E-state index is 11.9. The zero-order valence-electron chi connectivity index (χ0n) is 11.9. The predicted molar refractivity (Wildman–Crippen MR) is 83.3 cm³/mol. The number of thioether (sulfide) groups is 1. The summed E-state index contributed by atoms with van der Waals surface area (Å²) in [7, 11) is 1.54. The Kier molecular flexibility index (Phi) is 5.14. The van der Waals surface area contributed by atoms with E-state index in [1.165, 1.54) is 18.9 Å². The van der Waals surface area contributed by atoms with Crippen LogP contribution in [0.4, 0.5) is 5.69 Å². The number of carbonyl (C=O) groups is 1. The summed E-state index contributed by atoms with van der Waals surface area (Å²) >= 11 is 7.25. The molecule has 0 atom stereocenters. The Morgan fingerprint density at radius 1 is 1.48 bits per heavy atom. The van der Waals surface area contributed by atoms with Crippen LogP contribution in [0.5, 0.6) is 5.75 Å². The predicted octanol–water partition coefficient (Wildman–Crippen LogP) is 3.68. The molecule has 5 nitrogen and oxygen atoms in total. The summed E-state index contributed by atoms with van der Waals surface area (Å²) in [6, 6.07) is 5.07. The van der Waals surface area contributed by atoms with E-state index < -0.39 is 0 Å². The molecule has 1 aromatic heterocycles. The molecular formula is C14H15ClN2O3S. The van der Waals surface area contributed by atoms with Gasteiger partial charge in [-0.2, -0.15) is 0 Å². The van der Waals surface area contributed by atoms with E-state index >= 15 is 0 Å². The first-order chi connectivity index (χ1) is 9.99. The average molecular weight is 327 g/mol. The van der Waals surface area contributed by atoms with E-state index in [1.54, 1.807) is 18.2 Å². The summed E-state index contributed by atoms with van der Waals surface area (Å²) in [5.41, 5.74) is 1.45. The van der Waals surface area contributed by atoms with Crippen molar-refractivity contribution in [2.24, 2.45) is 0 Å². The number of anilines is 1. The minimum Gasteiger partial charge on any atom is -0.495 e. The highest BCUT2D eigenvalue weighted by Crippen LogP contribution is 2.27. The number of benzene rings is 1. The van der Waals surface area contributed by atoms with Crippen molar-refractivity contribution >= 4 is 35.0 Å². The van der Waals surface area contributed by atoms with Gasteiger partial charge in [0.15, 0.2) is 0 Å². The lowest BCUT2D eigenvalue weighted by molar-refractivity contribution is -0.113. The Morgan fingerprint density at radius 3 is 2.81 bits per heavy atom. The van der Waals surface area contributed by atoms with Gasteiger partial charge in [0.25, 0.3) is 5.22 Å². The molecule has 1 aromatic carbocycles. The van der Waals surface area contributed by atoms with Crippen molar-refractivity contribution in [1.29, 1.82) is 0 Å². The van der Waals surface area contributed by atoms with Crippen LogP contribution in [0.1, 0.15) is 11.5 Å². The molecule has 1 N–H and O–H groups in total. The highest BCUT2D eigenvalue weighted by molar-refractivity contribution is 7.99. The minimum atomic E-state index is -0.158. The number of oxazole rings is 1. The highest BCUT2D eigenvalue weighted by atomic mass is 35.5. The second-order valence-electron chi connectivity index (χ2n) is 4.31. The third-order valence-corrected chi connectivity index (χ3v) is 3.89. The first-order valence-corrected chi connectivity index (χ1v) is 7.56. The number of methoxy groups -OCH3 is 1. The molecule has 7 heteroatoms. The van der Waals surface area contributed by atoms with Crippen LogP contribution in [-0.2, 0) is 4.79 Å². The summed E-state index contributed by atoms with van der Waals surface area (Å²) in [4.78, 5) is 16.1. The second-order valence-corrected chi connectivity index (χ2v) is 5.64. The fourth-order valence-corrected chi connectivity index (χ4v) is 2.54. The number of aromatic nitrogens is 1. The number of aryl methyl sites for hydroxylation is 2. The third-order valence-electron chi connectivity index (χ3n) is 2.77. The number of halogens is 1. The van der Waals surface area contributed by atoms with E-state index in [4.69, 9.17) is 20.8 Å². The van der Waals surface area contributed by atoms with E-state index in [0.717, 1.165) is 11.5 Å². The number of amides is 1. The van der Waals surface area contributed by atoms with Crippen LogP contribution < -0.4 is 10.1 Å². The molecule has 0 unspecified atom stereocenters. The lowest BCUT2D eigenvalue weighted by Crippen LogP contribution is -2.14. The van der Waals surface area contributed by atoms with Gasteiger partial charge < -0.3 is 14.5 Å². The van der Waals surface area contributed by atoms with Crippen LogP contribution in [0.2, 0.25) is 5.02 Å². The number of nitrogens with zero attached hydrogens (tertiary/aromatic N) is 1. The second kappa shape index (κ2) is 6.87. The van der Waals surface area contributed by atoms with Crippen LogP contribution in [0.15, 0.2) is 27.8 Å². The third kappa shape index (κ3) is 4.15. The molecule has 0 radical (unpaired) electrons. The van der Waals surface area contributed by atoms with Crippen LogP contribution in [-0.4, -0.2) is 23.8 Å². The van der Waals surface area contributed by atoms with Gasteiger partial charge in [0.1, 0.15) is 11.5 Å². The summed E-state index contributed by atoms with van der Waals surface area (Å²) < 4.78 is 10.5. The Bertz CT molecular complexity index is 638. The first kappa shape index (κ1) is 15.7. The van der Waals surface area contributed by atoms with Gasteiger partial charge in [0.2, 0.25) is 5.91 Å². The minimum absolute atomic E-state index is 0.158. The molecule has 0 aliphatic heterocycles. The number of hydrogen-bond acceptors (Lipinski definition) is 5. The van der Waals surface area contributed by atoms with Gasteiger partial charge in [-0.3, -0.25) is 4.79 Å². The van der Waals surface area contributed by atoms with Crippen LogP contribution in [0.3, 0.4) is 0 Å². The summed E-state index contributed by atoms with van der Waals surface area (Å²) in [6.07, 6.45) is 0. The molecule has 0 fully saturated rings. The van der Waals surface area contributed by atoms with E-state index in [2.05, 4.69) is 10.3 Å². The molecule has 0 aliphatic rings. The monoisotopic (exact) mass is 326 g/mol.